The molecule has 0 spiro atoms. The van der Waals surface area contributed by atoms with Crippen molar-refractivity contribution in [3.8, 4) is 0 Å². The molecular weight excluding hydrogens is 400 g/mol. The summed E-state index contributed by atoms with van der Waals surface area (Å²) in [6, 6.07) is 12.1. The van der Waals surface area contributed by atoms with Gasteiger partial charge in [-0.2, -0.15) is 0 Å². The van der Waals surface area contributed by atoms with Gasteiger partial charge >= 0.3 is 5.97 Å². The normalized spacial score (nSPS) is 11.4. The number of carbonyl (C=O) groups excluding carboxylic acids is 1. The molecule has 4 aromatic heterocycles. The Balaban J connectivity index is 1.36. The second-order valence-electron chi connectivity index (χ2n) is 7.13. The van der Waals surface area contributed by atoms with Crippen molar-refractivity contribution >= 4 is 33.7 Å². The van der Waals surface area contributed by atoms with Gasteiger partial charge in [0.1, 0.15) is 29.9 Å². The van der Waals surface area contributed by atoms with E-state index in [2.05, 4.69) is 9.97 Å². The molecule has 0 aliphatic heterocycles. The number of fused-ring (bicyclic) bond motifs is 4. The van der Waals surface area contributed by atoms with E-state index >= 15 is 0 Å². The quantitative estimate of drug-likeness (QED) is 0.413. The average molecular weight is 416 g/mol. The van der Waals surface area contributed by atoms with Gasteiger partial charge in [-0.15, -0.1) is 0 Å². The topological polar surface area (TPSA) is 109 Å². The van der Waals surface area contributed by atoms with E-state index in [-0.39, 0.29) is 24.3 Å². The first kappa shape index (κ1) is 18.7. The largest absolute Gasteiger partial charge is 0.458 e. The molecule has 0 radical (unpaired) electrons. The van der Waals surface area contributed by atoms with E-state index in [0.717, 1.165) is 15.5 Å². The minimum absolute atomic E-state index is 0.0797. The number of ether oxygens (including phenoxy) is 1. The van der Waals surface area contributed by atoms with Crippen LogP contribution in [0.3, 0.4) is 0 Å². The van der Waals surface area contributed by atoms with Gasteiger partial charge in [-0.1, -0.05) is 12.1 Å². The SMILES string of the molecule is Cc1ccn2c(=O)cc(COC(=O)Cn3cnc4c(oc5ccccc54)c3=O)nc2c1. The third kappa shape index (κ3) is 3.35. The molecule has 0 saturated carbocycles. The Hall–Kier alpha value is -4.27. The van der Waals surface area contributed by atoms with Crippen LogP contribution < -0.4 is 11.1 Å². The zero-order chi connectivity index (χ0) is 21.5. The summed E-state index contributed by atoms with van der Waals surface area (Å²) in [5, 5.41) is 0.730. The molecule has 4 heterocycles. The van der Waals surface area contributed by atoms with Crippen LogP contribution in [0.25, 0.3) is 27.7 Å². The first-order valence-electron chi connectivity index (χ1n) is 9.51. The molecule has 0 saturated heterocycles. The molecule has 0 bridgehead atoms. The van der Waals surface area contributed by atoms with Gasteiger partial charge in [0.2, 0.25) is 5.58 Å². The van der Waals surface area contributed by atoms with Crippen LogP contribution in [0.5, 0.6) is 0 Å². The van der Waals surface area contributed by atoms with E-state index in [9.17, 15) is 14.4 Å². The number of nitrogens with zero attached hydrogens (tertiary/aromatic N) is 4. The van der Waals surface area contributed by atoms with Crippen molar-refractivity contribution in [2.75, 3.05) is 0 Å². The number of hydrogen-bond acceptors (Lipinski definition) is 7. The highest BCUT2D eigenvalue weighted by atomic mass is 16.5. The molecule has 5 rings (SSSR count). The summed E-state index contributed by atoms with van der Waals surface area (Å²) in [6.07, 6.45) is 2.93. The number of carbonyl (C=O) groups is 1. The van der Waals surface area contributed by atoms with Crippen LogP contribution in [0.2, 0.25) is 0 Å². The zero-order valence-corrected chi connectivity index (χ0v) is 16.4. The maximum Gasteiger partial charge on any atom is 0.326 e. The lowest BCUT2D eigenvalue weighted by Crippen LogP contribution is -2.25. The maximum atomic E-state index is 12.7. The minimum atomic E-state index is -0.661. The van der Waals surface area contributed by atoms with E-state index in [4.69, 9.17) is 9.15 Å². The number of furan rings is 1. The molecule has 0 atom stereocenters. The van der Waals surface area contributed by atoms with Crippen LogP contribution in [-0.4, -0.2) is 24.9 Å². The predicted molar refractivity (Wildman–Crippen MR) is 112 cm³/mol. The number of pyridine rings is 1. The van der Waals surface area contributed by atoms with Crippen LogP contribution in [0.1, 0.15) is 11.3 Å². The van der Waals surface area contributed by atoms with Gasteiger partial charge in [0.25, 0.3) is 11.1 Å². The molecule has 0 unspecified atom stereocenters. The molecule has 0 amide bonds. The second-order valence-corrected chi connectivity index (χ2v) is 7.13. The van der Waals surface area contributed by atoms with Crippen LogP contribution >= 0.6 is 0 Å². The predicted octanol–water partition coefficient (Wildman–Crippen LogP) is 2.20. The lowest BCUT2D eigenvalue weighted by molar-refractivity contribution is -0.145. The molecule has 0 aliphatic rings. The number of esters is 1. The van der Waals surface area contributed by atoms with Crippen molar-refractivity contribution in [1.82, 2.24) is 18.9 Å². The van der Waals surface area contributed by atoms with Gasteiger partial charge in [-0.25, -0.2) is 9.97 Å². The summed E-state index contributed by atoms with van der Waals surface area (Å²) >= 11 is 0. The summed E-state index contributed by atoms with van der Waals surface area (Å²) in [5.74, 6) is -0.661. The van der Waals surface area contributed by atoms with Crippen LogP contribution in [0.4, 0.5) is 0 Å². The van der Waals surface area contributed by atoms with Crippen molar-refractivity contribution in [3.63, 3.8) is 0 Å². The van der Waals surface area contributed by atoms with Crippen molar-refractivity contribution < 1.29 is 13.9 Å². The van der Waals surface area contributed by atoms with E-state index in [0.29, 0.717) is 22.4 Å². The van der Waals surface area contributed by atoms with Gasteiger partial charge in [0.05, 0.1) is 12.0 Å². The molecule has 154 valence electrons. The van der Waals surface area contributed by atoms with Gasteiger partial charge < -0.3 is 9.15 Å². The molecule has 9 heteroatoms. The fourth-order valence-corrected chi connectivity index (χ4v) is 3.39. The van der Waals surface area contributed by atoms with Crippen molar-refractivity contribution in [2.45, 2.75) is 20.1 Å². The smallest absolute Gasteiger partial charge is 0.326 e. The summed E-state index contributed by atoms with van der Waals surface area (Å²) in [7, 11) is 0. The first-order chi connectivity index (χ1) is 15.0. The number of aryl methyl sites for hydroxylation is 1. The number of benzene rings is 1. The average Bonchev–Trinajstić information content (AvgIpc) is 3.13. The third-order valence-electron chi connectivity index (χ3n) is 4.91. The molecule has 5 aromatic rings. The lowest BCUT2D eigenvalue weighted by Gasteiger charge is -2.07. The maximum absolute atomic E-state index is 12.7. The number of aromatic nitrogens is 4. The molecule has 1 aromatic carbocycles. The monoisotopic (exact) mass is 416 g/mol. The zero-order valence-electron chi connectivity index (χ0n) is 16.4. The van der Waals surface area contributed by atoms with Gasteiger partial charge in [-0.3, -0.25) is 23.4 Å². The molecule has 31 heavy (non-hydrogen) atoms. The van der Waals surface area contributed by atoms with Gasteiger partial charge in [0, 0.05) is 17.6 Å². The first-order valence-corrected chi connectivity index (χ1v) is 9.51. The molecular formula is C22H16N4O5. The van der Waals surface area contributed by atoms with Crippen LogP contribution in [-0.2, 0) is 22.7 Å². The van der Waals surface area contributed by atoms with Crippen LogP contribution in [0.15, 0.2) is 69.0 Å². The summed E-state index contributed by atoms with van der Waals surface area (Å²) < 4.78 is 13.4. The van der Waals surface area contributed by atoms with Gasteiger partial charge in [0.15, 0.2) is 0 Å². The van der Waals surface area contributed by atoms with E-state index in [1.54, 1.807) is 30.5 Å². The highest BCUT2D eigenvalue weighted by Gasteiger charge is 2.15. The number of para-hydroxylation sites is 1. The van der Waals surface area contributed by atoms with E-state index < -0.39 is 11.5 Å². The fraction of sp³-hybridized carbons (Fsp3) is 0.136. The summed E-state index contributed by atoms with van der Waals surface area (Å²) in [4.78, 5) is 45.8. The molecule has 0 N–H and O–H groups in total. The van der Waals surface area contributed by atoms with Crippen molar-refractivity contribution in [1.29, 1.82) is 0 Å². The van der Waals surface area contributed by atoms with Crippen molar-refractivity contribution in [2.24, 2.45) is 0 Å². The molecule has 0 aliphatic carbocycles. The standard InChI is InChI=1S/C22H16N4O5/c1-13-6-7-26-17(8-13)24-14(9-18(26)27)11-30-19(28)10-25-12-23-20-15-4-2-3-5-16(15)31-21(20)22(25)29/h2-9,12H,10-11H2,1H3. The van der Waals surface area contributed by atoms with E-state index in [1.165, 1.54) is 16.8 Å². The number of hydrogen-bond donors (Lipinski definition) is 0. The molecule has 0 fully saturated rings. The Morgan fingerprint density at radius 3 is 2.87 bits per heavy atom. The fourth-order valence-electron chi connectivity index (χ4n) is 3.39. The Kier molecular flexibility index (Phi) is 4.36. The van der Waals surface area contributed by atoms with Gasteiger partial charge in [-0.05, 0) is 36.8 Å². The summed E-state index contributed by atoms with van der Waals surface area (Å²) in [5.41, 5.74) is 2.07. The van der Waals surface area contributed by atoms with Crippen molar-refractivity contribution in [3.05, 3.63) is 87.0 Å². The Labute approximate surface area is 174 Å². The highest BCUT2D eigenvalue weighted by Crippen LogP contribution is 2.24. The number of rotatable bonds is 4. The third-order valence-corrected chi connectivity index (χ3v) is 4.91. The molecule has 9 nitrogen and oxygen atoms in total. The Morgan fingerprint density at radius 2 is 2.00 bits per heavy atom. The summed E-state index contributed by atoms with van der Waals surface area (Å²) in [6.45, 7) is 1.36. The minimum Gasteiger partial charge on any atom is -0.458 e. The highest BCUT2D eigenvalue weighted by molar-refractivity contribution is 6.01. The Bertz CT molecular complexity index is 1600. The second kappa shape index (κ2) is 7.21. The van der Waals surface area contributed by atoms with Crippen LogP contribution in [0, 0.1) is 6.92 Å². The Morgan fingerprint density at radius 1 is 1.16 bits per heavy atom. The van der Waals surface area contributed by atoms with E-state index in [1.807, 2.05) is 19.1 Å². The lowest BCUT2D eigenvalue weighted by atomic mass is 10.2.